The van der Waals surface area contributed by atoms with E-state index < -0.39 is 5.41 Å². The van der Waals surface area contributed by atoms with E-state index in [2.05, 4.69) is 17.2 Å². The molecule has 0 aliphatic rings. The van der Waals surface area contributed by atoms with Gasteiger partial charge in [0.2, 0.25) is 5.91 Å². The molecule has 0 aliphatic carbocycles. The summed E-state index contributed by atoms with van der Waals surface area (Å²) in [5.74, 6) is 6.77. The molecular weight excluding hydrogens is 310 g/mol. The Morgan fingerprint density at radius 2 is 1.91 bits per heavy atom. The van der Waals surface area contributed by atoms with Gasteiger partial charge in [-0.25, -0.2) is 0 Å². The van der Waals surface area contributed by atoms with E-state index in [4.69, 9.17) is 16.3 Å². The maximum absolute atomic E-state index is 11.8. The summed E-state index contributed by atoms with van der Waals surface area (Å²) in [7, 11) is 0. The first-order chi connectivity index (χ1) is 11.0. The predicted molar refractivity (Wildman–Crippen MR) is 94.7 cm³/mol. The number of benzene rings is 2. The zero-order valence-corrected chi connectivity index (χ0v) is 14.1. The van der Waals surface area contributed by atoms with Crippen LogP contribution in [0.3, 0.4) is 0 Å². The summed E-state index contributed by atoms with van der Waals surface area (Å²) in [5, 5.41) is 4.95. The first kappa shape index (κ1) is 17.2. The molecule has 0 aromatic heterocycles. The lowest BCUT2D eigenvalue weighted by molar-refractivity contribution is -0.128. The predicted octanol–water partition coefficient (Wildman–Crippen LogP) is 3.60. The number of fused-ring (bicyclic) bond motifs is 1. The molecule has 4 heteroatoms. The Morgan fingerprint density at radius 3 is 2.70 bits per heavy atom. The van der Waals surface area contributed by atoms with Gasteiger partial charge in [0.1, 0.15) is 12.4 Å². The molecule has 0 aliphatic heterocycles. The fourth-order valence-corrected chi connectivity index (χ4v) is 2.09. The van der Waals surface area contributed by atoms with Crippen LogP contribution < -0.4 is 10.1 Å². The van der Waals surface area contributed by atoms with Gasteiger partial charge in [-0.15, -0.1) is 11.6 Å². The van der Waals surface area contributed by atoms with Crippen molar-refractivity contribution in [3.63, 3.8) is 0 Å². The number of carbonyl (C=O) groups excluding carboxylic acids is 1. The molecule has 120 valence electrons. The number of nitrogens with one attached hydrogen (secondary N) is 1. The summed E-state index contributed by atoms with van der Waals surface area (Å²) < 4.78 is 5.71. The third kappa shape index (κ3) is 4.64. The van der Waals surface area contributed by atoms with Gasteiger partial charge >= 0.3 is 0 Å². The van der Waals surface area contributed by atoms with Crippen molar-refractivity contribution in [1.82, 2.24) is 5.32 Å². The van der Waals surface area contributed by atoms with Crippen molar-refractivity contribution < 1.29 is 9.53 Å². The number of carbonyl (C=O) groups is 1. The van der Waals surface area contributed by atoms with E-state index in [9.17, 15) is 4.79 Å². The highest BCUT2D eigenvalue weighted by Crippen LogP contribution is 2.24. The molecule has 0 heterocycles. The van der Waals surface area contributed by atoms with Crippen LogP contribution in [0.15, 0.2) is 42.5 Å². The van der Waals surface area contributed by atoms with E-state index in [0.717, 1.165) is 16.5 Å². The van der Waals surface area contributed by atoms with E-state index >= 15 is 0 Å². The largest absolute Gasteiger partial charge is 0.480 e. The van der Waals surface area contributed by atoms with Crippen molar-refractivity contribution >= 4 is 28.3 Å². The minimum atomic E-state index is -0.581. The van der Waals surface area contributed by atoms with Crippen molar-refractivity contribution in [3.05, 3.63) is 42.5 Å². The molecule has 0 fully saturated rings. The van der Waals surface area contributed by atoms with Crippen molar-refractivity contribution in [3.8, 4) is 17.6 Å². The number of hydrogen-bond donors (Lipinski definition) is 1. The number of ether oxygens (including phenoxy) is 1. The lowest BCUT2D eigenvalue weighted by Gasteiger charge is -2.19. The smallest absolute Gasteiger partial charge is 0.227 e. The van der Waals surface area contributed by atoms with E-state index in [1.54, 1.807) is 13.8 Å². The number of rotatable bonds is 5. The molecule has 23 heavy (non-hydrogen) atoms. The maximum Gasteiger partial charge on any atom is 0.227 e. The molecule has 1 amide bonds. The van der Waals surface area contributed by atoms with Crippen LogP contribution >= 0.6 is 11.6 Å². The van der Waals surface area contributed by atoms with Gasteiger partial charge in [-0.1, -0.05) is 48.2 Å². The second-order valence-corrected chi connectivity index (χ2v) is 6.09. The first-order valence-corrected chi connectivity index (χ1v) is 7.98. The molecule has 2 aromatic carbocycles. The van der Waals surface area contributed by atoms with Crippen molar-refractivity contribution in [2.24, 2.45) is 5.41 Å². The van der Waals surface area contributed by atoms with Crippen LogP contribution in [0.25, 0.3) is 10.8 Å². The van der Waals surface area contributed by atoms with Gasteiger partial charge in [-0.3, -0.25) is 4.79 Å². The third-order valence-electron chi connectivity index (χ3n) is 3.46. The second-order valence-electron chi connectivity index (χ2n) is 5.82. The molecule has 2 rings (SSSR count). The standard InChI is InChI=1S/C19H20ClNO2/c1-19(2,14-20)18(22)21-12-5-6-13-23-17-11-7-9-15-8-3-4-10-16(15)17/h3-4,7-11H,12-14H2,1-2H3,(H,21,22). The fourth-order valence-electron chi connectivity index (χ4n) is 1.97. The topological polar surface area (TPSA) is 38.3 Å². The van der Waals surface area contributed by atoms with Crippen molar-refractivity contribution in [2.75, 3.05) is 19.0 Å². The van der Waals surface area contributed by atoms with Gasteiger partial charge in [-0.2, -0.15) is 0 Å². The Morgan fingerprint density at radius 1 is 1.17 bits per heavy atom. The summed E-state index contributed by atoms with van der Waals surface area (Å²) >= 11 is 5.75. The van der Waals surface area contributed by atoms with Crippen LogP contribution in [-0.2, 0) is 4.79 Å². The van der Waals surface area contributed by atoms with E-state index in [1.165, 1.54) is 0 Å². The van der Waals surface area contributed by atoms with E-state index in [-0.39, 0.29) is 24.9 Å². The molecule has 0 bridgehead atoms. The first-order valence-electron chi connectivity index (χ1n) is 7.45. The maximum atomic E-state index is 11.8. The summed E-state index contributed by atoms with van der Waals surface area (Å²) in [6.07, 6.45) is 0. The fraction of sp³-hybridized carbons (Fsp3) is 0.316. The molecule has 0 saturated carbocycles. The van der Waals surface area contributed by atoms with Gasteiger partial charge in [0.25, 0.3) is 0 Å². The Kier molecular flexibility index (Phi) is 5.90. The number of alkyl halides is 1. The van der Waals surface area contributed by atoms with Crippen LogP contribution in [0.1, 0.15) is 13.8 Å². The second kappa shape index (κ2) is 7.89. The lowest BCUT2D eigenvalue weighted by atomic mass is 9.95. The van der Waals surface area contributed by atoms with E-state index in [0.29, 0.717) is 0 Å². The molecule has 1 N–H and O–H groups in total. The number of halogens is 1. The average Bonchev–Trinajstić information content (AvgIpc) is 2.57. The average molecular weight is 330 g/mol. The van der Waals surface area contributed by atoms with Crippen molar-refractivity contribution in [2.45, 2.75) is 13.8 Å². The summed E-state index contributed by atoms with van der Waals surface area (Å²) in [6, 6.07) is 14.0. The summed E-state index contributed by atoms with van der Waals surface area (Å²) in [6.45, 7) is 4.17. The molecule has 0 unspecified atom stereocenters. The monoisotopic (exact) mass is 329 g/mol. The molecule has 0 radical (unpaired) electrons. The molecule has 0 atom stereocenters. The quantitative estimate of drug-likeness (QED) is 0.672. The normalized spacial score (nSPS) is 10.7. The minimum absolute atomic E-state index is 0.100. The Balaban J connectivity index is 1.85. The Hall–Kier alpha value is -2.18. The molecule has 3 nitrogen and oxygen atoms in total. The summed E-state index contributed by atoms with van der Waals surface area (Å²) in [4.78, 5) is 11.8. The van der Waals surface area contributed by atoms with Gasteiger partial charge in [-0.05, 0) is 25.3 Å². The van der Waals surface area contributed by atoms with Crippen molar-refractivity contribution in [1.29, 1.82) is 0 Å². The lowest BCUT2D eigenvalue weighted by Crippen LogP contribution is -2.38. The summed E-state index contributed by atoms with van der Waals surface area (Å²) in [5.41, 5.74) is -0.581. The third-order valence-corrected chi connectivity index (χ3v) is 4.13. The zero-order valence-electron chi connectivity index (χ0n) is 13.4. The highest BCUT2D eigenvalue weighted by Gasteiger charge is 2.25. The Labute approximate surface area is 142 Å². The highest BCUT2D eigenvalue weighted by atomic mass is 35.5. The van der Waals surface area contributed by atoms with Crippen LogP contribution in [0.2, 0.25) is 0 Å². The SMILES string of the molecule is CC(C)(CCl)C(=O)NCC#CCOc1cccc2ccccc12. The van der Waals surface area contributed by atoms with Gasteiger partial charge < -0.3 is 10.1 Å². The minimum Gasteiger partial charge on any atom is -0.480 e. The Bertz CT molecular complexity index is 738. The number of hydrogen-bond acceptors (Lipinski definition) is 2. The zero-order chi connectivity index (χ0) is 16.7. The van der Waals surface area contributed by atoms with E-state index in [1.807, 2.05) is 42.5 Å². The van der Waals surface area contributed by atoms with Crippen LogP contribution in [0.5, 0.6) is 5.75 Å². The van der Waals surface area contributed by atoms with Gasteiger partial charge in [0, 0.05) is 11.3 Å². The molecule has 0 saturated heterocycles. The van der Waals surface area contributed by atoms with Crippen LogP contribution in [0.4, 0.5) is 0 Å². The van der Waals surface area contributed by atoms with Gasteiger partial charge in [0.15, 0.2) is 0 Å². The number of amides is 1. The molecule has 2 aromatic rings. The van der Waals surface area contributed by atoms with Crippen LogP contribution in [0, 0.1) is 17.3 Å². The highest BCUT2D eigenvalue weighted by molar-refractivity contribution is 6.19. The van der Waals surface area contributed by atoms with Crippen LogP contribution in [-0.4, -0.2) is 24.9 Å². The molecular formula is C19H20ClNO2. The molecule has 0 spiro atoms. The van der Waals surface area contributed by atoms with Gasteiger partial charge in [0.05, 0.1) is 12.0 Å².